The Morgan fingerprint density at radius 1 is 1.32 bits per heavy atom. The molecule has 0 fully saturated rings. The van der Waals surface area contributed by atoms with E-state index in [1.165, 1.54) is 11.1 Å². The molecule has 102 valence electrons. The molecule has 3 heteroatoms. The Kier molecular flexibility index (Phi) is 4.74. The quantitative estimate of drug-likeness (QED) is 0.862. The molecule has 0 radical (unpaired) electrons. The molecule has 0 aliphatic carbocycles. The van der Waals surface area contributed by atoms with Gasteiger partial charge < -0.3 is 9.88 Å². The van der Waals surface area contributed by atoms with Gasteiger partial charge in [0.15, 0.2) is 0 Å². The van der Waals surface area contributed by atoms with Crippen LogP contribution in [0.3, 0.4) is 0 Å². The number of aromatic nitrogens is 2. The molecule has 19 heavy (non-hydrogen) atoms. The lowest BCUT2D eigenvalue weighted by Crippen LogP contribution is -2.24. The molecule has 0 bridgehead atoms. The highest BCUT2D eigenvalue weighted by Crippen LogP contribution is 2.19. The van der Waals surface area contributed by atoms with Gasteiger partial charge in [-0.15, -0.1) is 0 Å². The average molecular weight is 257 g/mol. The zero-order valence-electron chi connectivity index (χ0n) is 12.1. The Balaban J connectivity index is 2.06. The van der Waals surface area contributed by atoms with Crippen molar-refractivity contribution in [1.82, 2.24) is 14.9 Å². The first kappa shape index (κ1) is 13.8. The van der Waals surface area contributed by atoms with Gasteiger partial charge in [0.05, 0.1) is 6.04 Å². The number of nitrogens with one attached hydrogen (secondary N) is 1. The first-order valence-electron chi connectivity index (χ1n) is 6.97. The van der Waals surface area contributed by atoms with Crippen LogP contribution >= 0.6 is 0 Å². The van der Waals surface area contributed by atoms with Crippen molar-refractivity contribution >= 4 is 0 Å². The normalized spacial score (nSPS) is 12.6. The van der Waals surface area contributed by atoms with Gasteiger partial charge in [0.2, 0.25) is 0 Å². The van der Waals surface area contributed by atoms with E-state index in [4.69, 9.17) is 0 Å². The summed E-state index contributed by atoms with van der Waals surface area (Å²) in [6.07, 6.45) is 6.03. The predicted octanol–water partition coefficient (Wildman–Crippen LogP) is 3.01. The Bertz CT molecular complexity index is 516. The van der Waals surface area contributed by atoms with Gasteiger partial charge in [-0.05, 0) is 37.4 Å². The predicted molar refractivity (Wildman–Crippen MR) is 79.1 cm³/mol. The third-order valence-corrected chi connectivity index (χ3v) is 3.58. The number of benzene rings is 1. The van der Waals surface area contributed by atoms with Crippen LogP contribution in [0.4, 0.5) is 0 Å². The number of rotatable bonds is 6. The van der Waals surface area contributed by atoms with E-state index < -0.39 is 0 Å². The summed E-state index contributed by atoms with van der Waals surface area (Å²) in [4.78, 5) is 4.47. The van der Waals surface area contributed by atoms with Crippen LogP contribution in [-0.4, -0.2) is 16.1 Å². The van der Waals surface area contributed by atoms with Gasteiger partial charge >= 0.3 is 0 Å². The highest BCUT2D eigenvalue weighted by Gasteiger charge is 2.14. The minimum atomic E-state index is 0.324. The van der Waals surface area contributed by atoms with Gasteiger partial charge in [-0.1, -0.05) is 31.2 Å². The number of aryl methyl sites for hydroxylation is 3. The van der Waals surface area contributed by atoms with E-state index >= 15 is 0 Å². The van der Waals surface area contributed by atoms with E-state index in [0.29, 0.717) is 6.04 Å². The van der Waals surface area contributed by atoms with Crippen molar-refractivity contribution < 1.29 is 0 Å². The van der Waals surface area contributed by atoms with Crippen molar-refractivity contribution in [2.45, 2.75) is 32.7 Å². The van der Waals surface area contributed by atoms with Crippen LogP contribution in [0.1, 0.15) is 36.3 Å². The van der Waals surface area contributed by atoms with E-state index in [9.17, 15) is 0 Å². The van der Waals surface area contributed by atoms with Gasteiger partial charge in [-0.25, -0.2) is 4.98 Å². The maximum atomic E-state index is 4.47. The van der Waals surface area contributed by atoms with E-state index in [-0.39, 0.29) is 0 Å². The SMILES string of the molecule is CCNC(CCc1ccccc1C)c1nccn1C. The van der Waals surface area contributed by atoms with Crippen LogP contribution in [-0.2, 0) is 13.5 Å². The first-order valence-corrected chi connectivity index (χ1v) is 6.97. The molecule has 1 aromatic carbocycles. The molecular weight excluding hydrogens is 234 g/mol. The smallest absolute Gasteiger partial charge is 0.125 e. The average Bonchev–Trinajstić information content (AvgIpc) is 2.82. The van der Waals surface area contributed by atoms with Crippen LogP contribution in [0.5, 0.6) is 0 Å². The molecule has 1 atom stereocenters. The summed E-state index contributed by atoms with van der Waals surface area (Å²) in [6.45, 7) is 5.29. The summed E-state index contributed by atoms with van der Waals surface area (Å²) in [5, 5.41) is 3.53. The lowest BCUT2D eigenvalue weighted by Gasteiger charge is -2.18. The third kappa shape index (κ3) is 3.44. The van der Waals surface area contributed by atoms with Crippen molar-refractivity contribution in [3.05, 3.63) is 53.6 Å². The molecule has 0 aliphatic heterocycles. The Morgan fingerprint density at radius 3 is 2.74 bits per heavy atom. The Labute approximate surface area is 115 Å². The molecule has 1 heterocycles. The molecule has 1 aromatic heterocycles. The van der Waals surface area contributed by atoms with Crippen molar-refractivity contribution in [2.24, 2.45) is 7.05 Å². The molecule has 2 aromatic rings. The number of nitrogens with zero attached hydrogens (tertiary/aromatic N) is 2. The lowest BCUT2D eigenvalue weighted by molar-refractivity contribution is 0.477. The molecule has 1 N–H and O–H groups in total. The van der Waals surface area contributed by atoms with Gasteiger partial charge in [0, 0.05) is 19.4 Å². The minimum Gasteiger partial charge on any atom is -0.337 e. The molecular formula is C16H23N3. The third-order valence-electron chi connectivity index (χ3n) is 3.58. The van der Waals surface area contributed by atoms with Crippen molar-refractivity contribution in [1.29, 1.82) is 0 Å². The largest absolute Gasteiger partial charge is 0.337 e. The monoisotopic (exact) mass is 257 g/mol. The number of hydrogen-bond acceptors (Lipinski definition) is 2. The van der Waals surface area contributed by atoms with Gasteiger partial charge in [0.25, 0.3) is 0 Å². The maximum Gasteiger partial charge on any atom is 0.125 e. The zero-order chi connectivity index (χ0) is 13.7. The highest BCUT2D eigenvalue weighted by molar-refractivity contribution is 5.25. The number of imidazole rings is 1. The van der Waals surface area contributed by atoms with E-state index in [2.05, 4.69) is 60.0 Å². The molecule has 0 aliphatic rings. The zero-order valence-corrected chi connectivity index (χ0v) is 12.1. The fourth-order valence-corrected chi connectivity index (χ4v) is 2.47. The topological polar surface area (TPSA) is 29.9 Å². The first-order chi connectivity index (χ1) is 9.22. The fraction of sp³-hybridized carbons (Fsp3) is 0.438. The van der Waals surface area contributed by atoms with Crippen LogP contribution < -0.4 is 5.32 Å². The molecule has 0 saturated heterocycles. The summed E-state index contributed by atoms with van der Waals surface area (Å²) in [5.41, 5.74) is 2.80. The van der Waals surface area contributed by atoms with Crippen molar-refractivity contribution in [2.75, 3.05) is 6.54 Å². The van der Waals surface area contributed by atoms with Crippen molar-refractivity contribution in [3.8, 4) is 0 Å². The maximum absolute atomic E-state index is 4.47. The molecule has 1 unspecified atom stereocenters. The lowest BCUT2D eigenvalue weighted by atomic mass is 10.0. The van der Waals surface area contributed by atoms with E-state index in [1.807, 2.05) is 12.4 Å². The summed E-state index contributed by atoms with van der Waals surface area (Å²) in [7, 11) is 2.06. The summed E-state index contributed by atoms with van der Waals surface area (Å²) in [6, 6.07) is 8.93. The van der Waals surface area contributed by atoms with Crippen molar-refractivity contribution in [3.63, 3.8) is 0 Å². The Morgan fingerprint density at radius 2 is 2.11 bits per heavy atom. The van der Waals surface area contributed by atoms with Crippen LogP contribution in [0, 0.1) is 6.92 Å². The Hall–Kier alpha value is -1.61. The highest BCUT2D eigenvalue weighted by atomic mass is 15.1. The van der Waals surface area contributed by atoms with Gasteiger partial charge in [-0.2, -0.15) is 0 Å². The molecule has 0 saturated carbocycles. The van der Waals surface area contributed by atoms with Crippen LogP contribution in [0.25, 0.3) is 0 Å². The van der Waals surface area contributed by atoms with Crippen LogP contribution in [0.15, 0.2) is 36.7 Å². The van der Waals surface area contributed by atoms with Gasteiger partial charge in [-0.3, -0.25) is 0 Å². The number of hydrogen-bond donors (Lipinski definition) is 1. The molecule has 2 rings (SSSR count). The second kappa shape index (κ2) is 6.53. The second-order valence-electron chi connectivity index (χ2n) is 4.97. The fourth-order valence-electron chi connectivity index (χ4n) is 2.47. The molecule has 0 spiro atoms. The van der Waals surface area contributed by atoms with E-state index in [0.717, 1.165) is 25.2 Å². The van der Waals surface area contributed by atoms with Crippen LogP contribution in [0.2, 0.25) is 0 Å². The molecule has 0 amide bonds. The summed E-state index contributed by atoms with van der Waals surface area (Å²) >= 11 is 0. The minimum absolute atomic E-state index is 0.324. The molecule has 3 nitrogen and oxygen atoms in total. The second-order valence-corrected chi connectivity index (χ2v) is 4.97. The standard InChI is InChI=1S/C16H23N3/c1-4-17-15(16-18-11-12-19(16)3)10-9-14-8-6-5-7-13(14)2/h5-8,11-12,15,17H,4,9-10H2,1-3H3. The summed E-state index contributed by atoms with van der Waals surface area (Å²) in [5.74, 6) is 1.12. The summed E-state index contributed by atoms with van der Waals surface area (Å²) < 4.78 is 2.10. The van der Waals surface area contributed by atoms with E-state index in [1.54, 1.807) is 0 Å². The van der Waals surface area contributed by atoms with Gasteiger partial charge in [0.1, 0.15) is 5.82 Å².